The SMILES string of the molecule is N#CCc1ccc(NC(=O)[C@@H]2CCCN(S(=O)(=O)c3cccs3)C2)cc1. The number of carbonyl (C=O) groups is 1. The number of amides is 1. The Morgan fingerprint density at radius 1 is 1.31 bits per heavy atom. The lowest BCUT2D eigenvalue weighted by atomic mass is 9.98. The van der Waals surface area contributed by atoms with Crippen LogP contribution in [0.4, 0.5) is 5.69 Å². The average Bonchev–Trinajstić information content (AvgIpc) is 3.19. The smallest absolute Gasteiger partial charge is 0.252 e. The molecule has 6 nitrogen and oxygen atoms in total. The van der Waals surface area contributed by atoms with Crippen LogP contribution in [0.15, 0.2) is 46.0 Å². The molecule has 2 heterocycles. The predicted molar refractivity (Wildman–Crippen MR) is 100 cm³/mol. The minimum atomic E-state index is -3.53. The van der Waals surface area contributed by atoms with E-state index in [4.69, 9.17) is 5.26 Å². The molecule has 1 atom stereocenters. The zero-order valence-electron chi connectivity index (χ0n) is 14.1. The van der Waals surface area contributed by atoms with Crippen molar-refractivity contribution < 1.29 is 13.2 Å². The van der Waals surface area contributed by atoms with Gasteiger partial charge in [0.2, 0.25) is 5.91 Å². The summed E-state index contributed by atoms with van der Waals surface area (Å²) in [6, 6.07) is 12.5. The number of benzene rings is 1. The summed E-state index contributed by atoms with van der Waals surface area (Å²) in [5.41, 5.74) is 1.53. The van der Waals surface area contributed by atoms with Gasteiger partial charge in [0.25, 0.3) is 10.0 Å². The molecule has 1 aromatic carbocycles. The molecule has 1 amide bonds. The van der Waals surface area contributed by atoms with E-state index in [2.05, 4.69) is 11.4 Å². The fourth-order valence-electron chi connectivity index (χ4n) is 2.95. The molecule has 1 N–H and O–H groups in total. The number of thiophene rings is 1. The van der Waals surface area contributed by atoms with E-state index in [1.165, 1.54) is 15.6 Å². The van der Waals surface area contributed by atoms with Crippen molar-refractivity contribution in [3.8, 4) is 6.07 Å². The first-order chi connectivity index (χ1) is 12.5. The van der Waals surface area contributed by atoms with Crippen molar-refractivity contribution in [2.45, 2.75) is 23.5 Å². The second-order valence-electron chi connectivity index (χ2n) is 6.16. The van der Waals surface area contributed by atoms with E-state index in [0.29, 0.717) is 35.7 Å². The molecule has 3 rings (SSSR count). The van der Waals surface area contributed by atoms with Gasteiger partial charge in [0.1, 0.15) is 4.21 Å². The highest BCUT2D eigenvalue weighted by Crippen LogP contribution is 2.27. The maximum atomic E-state index is 12.7. The Bertz CT molecular complexity index is 900. The fraction of sp³-hybridized carbons (Fsp3) is 0.333. The molecule has 1 aromatic heterocycles. The third-order valence-electron chi connectivity index (χ3n) is 4.35. The topological polar surface area (TPSA) is 90.3 Å². The van der Waals surface area contributed by atoms with Gasteiger partial charge in [-0.25, -0.2) is 8.42 Å². The van der Waals surface area contributed by atoms with Crippen molar-refractivity contribution in [2.24, 2.45) is 5.92 Å². The Labute approximate surface area is 157 Å². The van der Waals surface area contributed by atoms with Gasteiger partial charge in [0.05, 0.1) is 18.4 Å². The Hall–Kier alpha value is -2.21. The van der Waals surface area contributed by atoms with Crippen LogP contribution in [0.5, 0.6) is 0 Å². The first-order valence-corrected chi connectivity index (χ1v) is 10.6. The number of rotatable bonds is 5. The molecule has 1 aliphatic rings. The summed E-state index contributed by atoms with van der Waals surface area (Å²) in [4.78, 5) is 12.6. The number of hydrogen-bond donors (Lipinski definition) is 1. The summed E-state index contributed by atoms with van der Waals surface area (Å²) in [5, 5.41) is 13.3. The molecule has 0 spiro atoms. The molecular weight excluding hydrogens is 370 g/mol. The average molecular weight is 390 g/mol. The first kappa shape index (κ1) is 18.6. The van der Waals surface area contributed by atoms with Crippen LogP contribution < -0.4 is 5.32 Å². The van der Waals surface area contributed by atoms with Crippen LogP contribution in [0.3, 0.4) is 0 Å². The second-order valence-corrected chi connectivity index (χ2v) is 9.27. The number of anilines is 1. The van der Waals surface area contributed by atoms with Crippen molar-refractivity contribution in [1.82, 2.24) is 4.31 Å². The molecule has 2 aromatic rings. The van der Waals surface area contributed by atoms with E-state index < -0.39 is 10.0 Å². The first-order valence-electron chi connectivity index (χ1n) is 8.31. The number of carbonyl (C=O) groups excluding carboxylic acids is 1. The van der Waals surface area contributed by atoms with Gasteiger partial charge < -0.3 is 5.32 Å². The van der Waals surface area contributed by atoms with Gasteiger partial charge in [-0.3, -0.25) is 4.79 Å². The maximum absolute atomic E-state index is 12.7. The zero-order valence-corrected chi connectivity index (χ0v) is 15.7. The van der Waals surface area contributed by atoms with E-state index in [9.17, 15) is 13.2 Å². The van der Waals surface area contributed by atoms with Crippen molar-refractivity contribution in [3.63, 3.8) is 0 Å². The third kappa shape index (κ3) is 4.12. The Morgan fingerprint density at radius 2 is 2.08 bits per heavy atom. The summed E-state index contributed by atoms with van der Waals surface area (Å²) in [6.07, 6.45) is 1.64. The van der Waals surface area contributed by atoms with Crippen molar-refractivity contribution in [3.05, 3.63) is 47.3 Å². The van der Waals surface area contributed by atoms with Crippen LogP contribution in [0.2, 0.25) is 0 Å². The third-order valence-corrected chi connectivity index (χ3v) is 7.59. The molecule has 26 heavy (non-hydrogen) atoms. The van der Waals surface area contributed by atoms with Crippen molar-refractivity contribution in [2.75, 3.05) is 18.4 Å². The van der Waals surface area contributed by atoms with Crippen LogP contribution in [0, 0.1) is 17.2 Å². The molecule has 1 fully saturated rings. The Morgan fingerprint density at radius 3 is 2.73 bits per heavy atom. The van der Waals surface area contributed by atoms with E-state index in [0.717, 1.165) is 5.56 Å². The van der Waals surface area contributed by atoms with E-state index >= 15 is 0 Å². The van der Waals surface area contributed by atoms with Crippen LogP contribution in [-0.2, 0) is 21.2 Å². The fourth-order valence-corrected chi connectivity index (χ4v) is 5.62. The lowest BCUT2D eigenvalue weighted by molar-refractivity contribution is -0.120. The number of nitrogens with one attached hydrogen (secondary N) is 1. The van der Waals surface area contributed by atoms with Gasteiger partial charge >= 0.3 is 0 Å². The summed E-state index contributed by atoms with van der Waals surface area (Å²) in [7, 11) is -3.53. The highest BCUT2D eigenvalue weighted by Gasteiger charge is 2.33. The van der Waals surface area contributed by atoms with Gasteiger partial charge in [-0.05, 0) is 42.0 Å². The molecule has 0 saturated carbocycles. The molecule has 0 unspecified atom stereocenters. The van der Waals surface area contributed by atoms with Crippen LogP contribution in [-0.4, -0.2) is 31.7 Å². The summed E-state index contributed by atoms with van der Waals surface area (Å²) < 4.78 is 27.0. The molecular formula is C18H19N3O3S2. The van der Waals surface area contributed by atoms with Crippen LogP contribution in [0.1, 0.15) is 18.4 Å². The molecule has 0 radical (unpaired) electrons. The molecule has 136 valence electrons. The second kappa shape index (κ2) is 7.99. The van der Waals surface area contributed by atoms with Crippen LogP contribution >= 0.6 is 11.3 Å². The normalized spacial score (nSPS) is 18.2. The number of nitriles is 1. The molecule has 1 aliphatic heterocycles. The van der Waals surface area contributed by atoms with E-state index in [1.54, 1.807) is 41.8 Å². The van der Waals surface area contributed by atoms with Crippen LogP contribution in [0.25, 0.3) is 0 Å². The number of nitrogens with zero attached hydrogens (tertiary/aromatic N) is 2. The predicted octanol–water partition coefficient (Wildman–Crippen LogP) is 2.85. The summed E-state index contributed by atoms with van der Waals surface area (Å²) in [5.74, 6) is -0.554. The Kier molecular flexibility index (Phi) is 5.71. The highest BCUT2D eigenvalue weighted by atomic mass is 32.2. The van der Waals surface area contributed by atoms with Gasteiger partial charge in [-0.1, -0.05) is 18.2 Å². The van der Waals surface area contributed by atoms with Gasteiger partial charge in [-0.2, -0.15) is 9.57 Å². The number of piperidine rings is 1. The largest absolute Gasteiger partial charge is 0.326 e. The van der Waals surface area contributed by atoms with Crippen molar-refractivity contribution in [1.29, 1.82) is 5.26 Å². The molecule has 8 heteroatoms. The van der Waals surface area contributed by atoms with Gasteiger partial charge in [-0.15, -0.1) is 11.3 Å². The van der Waals surface area contributed by atoms with Gasteiger partial charge in [0.15, 0.2) is 0 Å². The van der Waals surface area contributed by atoms with E-state index in [-0.39, 0.29) is 18.4 Å². The molecule has 1 saturated heterocycles. The number of sulfonamides is 1. The van der Waals surface area contributed by atoms with Gasteiger partial charge in [0, 0.05) is 18.8 Å². The minimum Gasteiger partial charge on any atom is -0.326 e. The maximum Gasteiger partial charge on any atom is 0.252 e. The molecule has 0 aliphatic carbocycles. The quantitative estimate of drug-likeness (QED) is 0.851. The lowest BCUT2D eigenvalue weighted by Crippen LogP contribution is -2.43. The van der Waals surface area contributed by atoms with E-state index in [1.807, 2.05) is 0 Å². The minimum absolute atomic E-state index is 0.177. The Balaban J connectivity index is 1.65. The lowest BCUT2D eigenvalue weighted by Gasteiger charge is -2.30. The van der Waals surface area contributed by atoms with Crippen molar-refractivity contribution >= 4 is 33.0 Å². The standard InChI is InChI=1S/C18H19N3O3S2/c19-10-9-14-5-7-16(8-6-14)20-18(22)15-3-1-11-21(13-15)26(23,24)17-4-2-12-25-17/h2,4-8,12,15H,1,3,9,11,13H2,(H,20,22)/t15-/m1/s1. The highest BCUT2D eigenvalue weighted by molar-refractivity contribution is 7.91. The monoisotopic (exact) mass is 389 g/mol. The number of hydrogen-bond acceptors (Lipinski definition) is 5. The summed E-state index contributed by atoms with van der Waals surface area (Å²) in [6.45, 7) is 0.630. The summed E-state index contributed by atoms with van der Waals surface area (Å²) >= 11 is 1.19. The zero-order chi connectivity index (χ0) is 18.6. The molecule has 0 bridgehead atoms.